The second-order valence-corrected chi connectivity index (χ2v) is 8.10. The second-order valence-electron chi connectivity index (χ2n) is 7.78. The van der Waals surface area contributed by atoms with E-state index >= 15 is 0 Å². The SMILES string of the molecule is CC(C)(C)C1CCCN(CC2(CS)CCC2)CC1. The summed E-state index contributed by atoms with van der Waals surface area (Å²) in [7, 11) is 0. The largest absolute Gasteiger partial charge is 0.303 e. The monoisotopic (exact) mass is 269 g/mol. The van der Waals surface area contributed by atoms with Gasteiger partial charge in [-0.25, -0.2) is 0 Å². The molecule has 1 nitrogen and oxygen atoms in total. The maximum atomic E-state index is 4.60. The lowest BCUT2D eigenvalue weighted by Gasteiger charge is -2.44. The molecule has 0 radical (unpaired) electrons. The van der Waals surface area contributed by atoms with Crippen LogP contribution in [0.15, 0.2) is 0 Å². The summed E-state index contributed by atoms with van der Waals surface area (Å²) in [6, 6.07) is 0. The molecule has 2 aliphatic rings. The Bertz CT molecular complexity index is 259. The molecule has 0 spiro atoms. The molecule has 0 aromatic carbocycles. The van der Waals surface area contributed by atoms with Gasteiger partial charge >= 0.3 is 0 Å². The Morgan fingerprint density at radius 1 is 1.11 bits per heavy atom. The first-order valence-electron chi connectivity index (χ1n) is 7.78. The summed E-state index contributed by atoms with van der Waals surface area (Å²) in [4.78, 5) is 2.74. The van der Waals surface area contributed by atoms with Gasteiger partial charge in [0.1, 0.15) is 0 Å². The predicted molar refractivity (Wildman–Crippen MR) is 83.4 cm³/mol. The molecule has 2 heteroatoms. The van der Waals surface area contributed by atoms with E-state index in [-0.39, 0.29) is 0 Å². The minimum Gasteiger partial charge on any atom is -0.303 e. The van der Waals surface area contributed by atoms with Gasteiger partial charge in [-0.1, -0.05) is 27.2 Å². The van der Waals surface area contributed by atoms with E-state index < -0.39 is 0 Å². The zero-order chi connectivity index (χ0) is 13.2. The lowest BCUT2D eigenvalue weighted by molar-refractivity contribution is 0.0901. The van der Waals surface area contributed by atoms with Crippen molar-refractivity contribution in [2.24, 2.45) is 16.7 Å². The van der Waals surface area contributed by atoms with E-state index in [9.17, 15) is 0 Å². The standard InChI is InChI=1S/C16H31NS/c1-15(2,3)14-6-4-10-17(11-7-14)12-16(13-18)8-5-9-16/h14,18H,4-13H2,1-3H3. The molecule has 1 saturated heterocycles. The molecular weight excluding hydrogens is 238 g/mol. The molecule has 18 heavy (non-hydrogen) atoms. The fourth-order valence-corrected chi connectivity index (χ4v) is 4.11. The summed E-state index contributed by atoms with van der Waals surface area (Å²) in [5.74, 6) is 2.00. The summed E-state index contributed by atoms with van der Waals surface area (Å²) in [5.41, 5.74) is 1.07. The number of nitrogens with zero attached hydrogens (tertiary/aromatic N) is 1. The molecule has 0 bridgehead atoms. The van der Waals surface area contributed by atoms with E-state index in [0.29, 0.717) is 10.8 Å². The Labute approximate surface area is 119 Å². The van der Waals surface area contributed by atoms with E-state index in [0.717, 1.165) is 11.7 Å². The fraction of sp³-hybridized carbons (Fsp3) is 1.00. The zero-order valence-corrected chi connectivity index (χ0v) is 13.4. The first-order chi connectivity index (χ1) is 8.45. The van der Waals surface area contributed by atoms with Gasteiger partial charge < -0.3 is 4.90 Å². The van der Waals surface area contributed by atoms with Gasteiger partial charge in [0.15, 0.2) is 0 Å². The van der Waals surface area contributed by atoms with Crippen molar-refractivity contribution < 1.29 is 0 Å². The molecule has 106 valence electrons. The van der Waals surface area contributed by atoms with Crippen molar-refractivity contribution in [2.45, 2.75) is 59.3 Å². The van der Waals surface area contributed by atoms with Gasteiger partial charge in [0.05, 0.1) is 0 Å². The van der Waals surface area contributed by atoms with Crippen molar-refractivity contribution in [3.05, 3.63) is 0 Å². The quantitative estimate of drug-likeness (QED) is 0.750. The normalized spacial score (nSPS) is 29.7. The molecule has 1 aliphatic carbocycles. The Morgan fingerprint density at radius 3 is 2.33 bits per heavy atom. The van der Waals surface area contributed by atoms with Crippen LogP contribution in [-0.4, -0.2) is 30.3 Å². The van der Waals surface area contributed by atoms with Crippen LogP contribution in [0.2, 0.25) is 0 Å². The van der Waals surface area contributed by atoms with Gasteiger partial charge in [0.2, 0.25) is 0 Å². The lowest BCUT2D eigenvalue weighted by atomic mass is 9.70. The van der Waals surface area contributed by atoms with Crippen LogP contribution in [0, 0.1) is 16.7 Å². The number of hydrogen-bond acceptors (Lipinski definition) is 2. The van der Waals surface area contributed by atoms with E-state index in [4.69, 9.17) is 0 Å². The van der Waals surface area contributed by atoms with Crippen molar-refractivity contribution >= 4 is 12.6 Å². The minimum absolute atomic E-state index is 0.494. The molecule has 0 amide bonds. The fourth-order valence-electron chi connectivity index (χ4n) is 3.70. The summed E-state index contributed by atoms with van der Waals surface area (Å²) in [6.07, 6.45) is 8.47. The highest BCUT2D eigenvalue weighted by molar-refractivity contribution is 7.80. The zero-order valence-electron chi connectivity index (χ0n) is 12.5. The number of likely N-dealkylation sites (tertiary alicyclic amines) is 1. The van der Waals surface area contributed by atoms with Gasteiger partial charge in [-0.15, -0.1) is 0 Å². The molecule has 2 fully saturated rings. The van der Waals surface area contributed by atoms with E-state index in [1.54, 1.807) is 0 Å². The highest BCUT2D eigenvalue weighted by atomic mass is 32.1. The van der Waals surface area contributed by atoms with E-state index in [2.05, 4.69) is 38.3 Å². The summed E-state index contributed by atoms with van der Waals surface area (Å²) < 4.78 is 0. The Morgan fingerprint density at radius 2 is 1.83 bits per heavy atom. The predicted octanol–water partition coefficient (Wildman–Crippen LogP) is 4.23. The second kappa shape index (κ2) is 5.75. The van der Waals surface area contributed by atoms with Crippen LogP contribution in [0.25, 0.3) is 0 Å². The third-order valence-electron chi connectivity index (χ3n) is 5.35. The molecule has 2 rings (SSSR count). The van der Waals surface area contributed by atoms with E-state index in [1.165, 1.54) is 58.2 Å². The summed E-state index contributed by atoms with van der Waals surface area (Å²) >= 11 is 4.60. The molecule has 1 aliphatic heterocycles. The van der Waals surface area contributed by atoms with Crippen molar-refractivity contribution in [1.29, 1.82) is 0 Å². The Kier molecular flexibility index (Phi) is 4.70. The molecule has 1 unspecified atom stereocenters. The smallest absolute Gasteiger partial charge is 0.00458 e. The molecule has 1 saturated carbocycles. The van der Waals surface area contributed by atoms with Gasteiger partial charge in [-0.3, -0.25) is 0 Å². The van der Waals surface area contributed by atoms with Crippen molar-refractivity contribution in [1.82, 2.24) is 4.90 Å². The highest BCUT2D eigenvalue weighted by Gasteiger charge is 2.37. The molecule has 1 atom stereocenters. The van der Waals surface area contributed by atoms with Crippen LogP contribution < -0.4 is 0 Å². The topological polar surface area (TPSA) is 3.24 Å². The van der Waals surface area contributed by atoms with Gasteiger partial charge in [0.25, 0.3) is 0 Å². The number of hydrogen-bond donors (Lipinski definition) is 1. The molecule has 0 N–H and O–H groups in total. The van der Waals surface area contributed by atoms with Crippen molar-refractivity contribution in [3.63, 3.8) is 0 Å². The highest BCUT2D eigenvalue weighted by Crippen LogP contribution is 2.43. The van der Waals surface area contributed by atoms with Crippen LogP contribution in [-0.2, 0) is 0 Å². The average Bonchev–Trinajstić information content (AvgIpc) is 2.48. The number of rotatable bonds is 3. The average molecular weight is 269 g/mol. The first-order valence-corrected chi connectivity index (χ1v) is 8.42. The van der Waals surface area contributed by atoms with Crippen molar-refractivity contribution in [2.75, 3.05) is 25.4 Å². The lowest BCUT2D eigenvalue weighted by Crippen LogP contribution is -2.44. The Hall–Kier alpha value is 0.310. The van der Waals surface area contributed by atoms with Crippen LogP contribution in [0.3, 0.4) is 0 Å². The Balaban J connectivity index is 1.85. The molecule has 0 aromatic heterocycles. The first kappa shape index (κ1) is 14.7. The van der Waals surface area contributed by atoms with Crippen LogP contribution >= 0.6 is 12.6 Å². The van der Waals surface area contributed by atoms with Crippen LogP contribution in [0.1, 0.15) is 59.3 Å². The minimum atomic E-state index is 0.494. The molecule has 0 aromatic rings. The van der Waals surface area contributed by atoms with E-state index in [1.807, 2.05) is 0 Å². The molecular formula is C16H31NS. The maximum absolute atomic E-state index is 4.60. The van der Waals surface area contributed by atoms with Crippen molar-refractivity contribution in [3.8, 4) is 0 Å². The number of thiol groups is 1. The van der Waals surface area contributed by atoms with Gasteiger partial charge in [-0.2, -0.15) is 12.6 Å². The maximum Gasteiger partial charge on any atom is 0.00458 e. The summed E-state index contributed by atoms with van der Waals surface area (Å²) in [6.45, 7) is 11.2. The third-order valence-corrected chi connectivity index (χ3v) is 6.02. The summed E-state index contributed by atoms with van der Waals surface area (Å²) in [5, 5.41) is 0. The van der Waals surface area contributed by atoms with Crippen LogP contribution in [0.4, 0.5) is 0 Å². The third kappa shape index (κ3) is 3.45. The van der Waals surface area contributed by atoms with Gasteiger partial charge in [-0.05, 0) is 67.7 Å². The van der Waals surface area contributed by atoms with Gasteiger partial charge in [0, 0.05) is 6.54 Å². The van der Waals surface area contributed by atoms with Crippen LogP contribution in [0.5, 0.6) is 0 Å². The molecule has 1 heterocycles.